The van der Waals surface area contributed by atoms with Crippen LogP contribution < -0.4 is 0 Å². The van der Waals surface area contributed by atoms with Gasteiger partial charge in [-0.1, -0.05) is 18.2 Å². The fourth-order valence-electron chi connectivity index (χ4n) is 1.06. The van der Waals surface area contributed by atoms with Gasteiger partial charge in [-0.3, -0.25) is 0 Å². The highest BCUT2D eigenvalue weighted by atomic mass is 33.1. The monoisotopic (exact) mass is 203 g/mol. The SMILES string of the molecule is C=CN=C1CN(SS)CCN1C. The molecule has 12 heavy (non-hydrogen) atoms. The molecule has 3 nitrogen and oxygen atoms in total. The normalized spacial score (nSPS) is 23.2. The summed E-state index contributed by atoms with van der Waals surface area (Å²) in [5.41, 5.74) is 0. The van der Waals surface area contributed by atoms with Crippen LogP contribution in [-0.4, -0.2) is 41.7 Å². The van der Waals surface area contributed by atoms with E-state index >= 15 is 0 Å². The Morgan fingerprint density at radius 1 is 1.67 bits per heavy atom. The maximum absolute atomic E-state index is 4.18. The van der Waals surface area contributed by atoms with Gasteiger partial charge in [0.15, 0.2) is 0 Å². The summed E-state index contributed by atoms with van der Waals surface area (Å²) >= 11 is 4.15. The summed E-state index contributed by atoms with van der Waals surface area (Å²) in [6.45, 7) is 6.45. The highest BCUT2D eigenvalue weighted by Gasteiger charge is 2.18. The number of hydrogen-bond donors (Lipinski definition) is 1. The molecule has 1 saturated heterocycles. The maximum Gasteiger partial charge on any atom is 0.119 e. The second-order valence-electron chi connectivity index (χ2n) is 2.59. The van der Waals surface area contributed by atoms with E-state index in [1.807, 2.05) is 7.05 Å². The van der Waals surface area contributed by atoms with Gasteiger partial charge in [-0.25, -0.2) is 9.30 Å². The standard InChI is InChI=1S/C7H13N3S2/c1-3-8-7-6-10(12-11)5-4-9(7)2/h3,11H,1,4-6H2,2H3. The minimum absolute atomic E-state index is 0.844. The molecule has 1 heterocycles. The van der Waals surface area contributed by atoms with Crippen molar-refractivity contribution in [1.29, 1.82) is 0 Å². The van der Waals surface area contributed by atoms with Crippen molar-refractivity contribution < 1.29 is 0 Å². The van der Waals surface area contributed by atoms with Crippen LogP contribution in [0.4, 0.5) is 0 Å². The zero-order chi connectivity index (χ0) is 8.97. The number of hydrogen-bond acceptors (Lipinski definition) is 4. The molecule has 0 aromatic carbocycles. The highest BCUT2D eigenvalue weighted by molar-refractivity contribution is 8.67. The minimum atomic E-state index is 0.844. The van der Waals surface area contributed by atoms with Crippen LogP contribution in [0.25, 0.3) is 0 Å². The van der Waals surface area contributed by atoms with E-state index in [1.54, 1.807) is 6.20 Å². The molecule has 0 aliphatic carbocycles. The second-order valence-corrected chi connectivity index (χ2v) is 3.76. The summed E-state index contributed by atoms with van der Waals surface area (Å²) in [6, 6.07) is 0. The minimum Gasteiger partial charge on any atom is -0.361 e. The predicted molar refractivity (Wildman–Crippen MR) is 58.4 cm³/mol. The van der Waals surface area contributed by atoms with Crippen molar-refractivity contribution >= 4 is 28.5 Å². The van der Waals surface area contributed by atoms with Crippen molar-refractivity contribution in [2.75, 3.05) is 26.7 Å². The molecule has 0 radical (unpaired) electrons. The lowest BCUT2D eigenvalue weighted by Crippen LogP contribution is -2.45. The highest BCUT2D eigenvalue weighted by Crippen LogP contribution is 2.16. The van der Waals surface area contributed by atoms with E-state index in [1.165, 1.54) is 11.0 Å². The number of nitrogens with zero attached hydrogens (tertiary/aromatic N) is 3. The van der Waals surface area contributed by atoms with Crippen LogP contribution in [0, 0.1) is 0 Å². The molecular formula is C7H13N3S2. The topological polar surface area (TPSA) is 18.8 Å². The summed E-state index contributed by atoms with van der Waals surface area (Å²) < 4.78 is 2.16. The molecule has 0 amide bonds. The summed E-state index contributed by atoms with van der Waals surface area (Å²) in [7, 11) is 3.51. The number of piperazine rings is 1. The van der Waals surface area contributed by atoms with Crippen molar-refractivity contribution in [1.82, 2.24) is 9.21 Å². The Morgan fingerprint density at radius 3 is 3.00 bits per heavy atom. The Morgan fingerprint density at radius 2 is 2.42 bits per heavy atom. The molecule has 0 unspecified atom stereocenters. The molecule has 1 rings (SSSR count). The molecule has 0 aromatic rings. The van der Waals surface area contributed by atoms with E-state index in [4.69, 9.17) is 0 Å². The summed E-state index contributed by atoms with van der Waals surface area (Å²) in [4.78, 5) is 6.32. The zero-order valence-corrected chi connectivity index (χ0v) is 8.81. The maximum atomic E-state index is 4.18. The van der Waals surface area contributed by atoms with E-state index in [-0.39, 0.29) is 0 Å². The molecular weight excluding hydrogens is 190 g/mol. The fraction of sp³-hybridized carbons (Fsp3) is 0.571. The van der Waals surface area contributed by atoms with Crippen molar-refractivity contribution in [2.24, 2.45) is 4.99 Å². The molecule has 0 bridgehead atoms. The van der Waals surface area contributed by atoms with Crippen molar-refractivity contribution in [3.05, 3.63) is 12.8 Å². The Kier molecular flexibility index (Phi) is 3.97. The molecule has 1 aliphatic rings. The number of likely N-dealkylation sites (N-methyl/N-ethyl adjacent to an activating group) is 1. The van der Waals surface area contributed by atoms with E-state index in [0.717, 1.165) is 25.5 Å². The van der Waals surface area contributed by atoms with Crippen LogP contribution in [0.5, 0.6) is 0 Å². The van der Waals surface area contributed by atoms with Crippen LogP contribution in [-0.2, 0) is 0 Å². The number of aliphatic imine (C=N–C) groups is 1. The lowest BCUT2D eigenvalue weighted by atomic mass is 10.4. The molecule has 1 fully saturated rings. The Hall–Kier alpha value is -0.130. The molecule has 1 aliphatic heterocycles. The third kappa shape index (κ3) is 2.43. The van der Waals surface area contributed by atoms with Crippen LogP contribution in [0.15, 0.2) is 17.8 Å². The van der Waals surface area contributed by atoms with Crippen molar-refractivity contribution in [2.45, 2.75) is 0 Å². The first-order valence-corrected chi connectivity index (χ1v) is 5.55. The van der Waals surface area contributed by atoms with E-state index in [9.17, 15) is 0 Å². The smallest absolute Gasteiger partial charge is 0.119 e. The van der Waals surface area contributed by atoms with Crippen LogP contribution in [0.2, 0.25) is 0 Å². The van der Waals surface area contributed by atoms with Crippen molar-refractivity contribution in [3.63, 3.8) is 0 Å². The Balaban J connectivity index is 2.58. The summed E-state index contributed by atoms with van der Waals surface area (Å²) in [5.74, 6) is 1.05. The largest absolute Gasteiger partial charge is 0.361 e. The first kappa shape index (κ1) is 9.95. The molecule has 0 spiro atoms. The van der Waals surface area contributed by atoms with E-state index in [0.29, 0.717) is 0 Å². The molecule has 5 heteroatoms. The molecule has 0 saturated carbocycles. The average Bonchev–Trinajstić information content (AvgIpc) is 2.09. The summed E-state index contributed by atoms with van der Waals surface area (Å²) in [5, 5.41) is 0. The molecule has 0 N–H and O–H groups in total. The lowest BCUT2D eigenvalue weighted by Gasteiger charge is -2.32. The Bertz CT molecular complexity index is 193. The second kappa shape index (κ2) is 4.79. The van der Waals surface area contributed by atoms with Gasteiger partial charge in [-0.15, -0.1) is 0 Å². The summed E-state index contributed by atoms with van der Waals surface area (Å²) in [6.07, 6.45) is 1.58. The van der Waals surface area contributed by atoms with Gasteiger partial charge in [0.05, 0.1) is 6.54 Å². The van der Waals surface area contributed by atoms with Gasteiger partial charge in [-0.2, -0.15) is 0 Å². The van der Waals surface area contributed by atoms with Crippen LogP contribution in [0.3, 0.4) is 0 Å². The predicted octanol–water partition coefficient (Wildman–Crippen LogP) is 1.27. The molecule has 68 valence electrons. The van der Waals surface area contributed by atoms with E-state index < -0.39 is 0 Å². The van der Waals surface area contributed by atoms with Crippen molar-refractivity contribution in [3.8, 4) is 0 Å². The Labute approximate surface area is 82.5 Å². The molecule has 0 atom stereocenters. The average molecular weight is 203 g/mol. The van der Waals surface area contributed by atoms with Gasteiger partial charge < -0.3 is 4.90 Å². The van der Waals surface area contributed by atoms with Gasteiger partial charge in [0.2, 0.25) is 0 Å². The quantitative estimate of drug-likeness (QED) is 0.414. The van der Waals surface area contributed by atoms with Gasteiger partial charge in [0.1, 0.15) is 5.84 Å². The number of rotatable bonds is 2. The van der Waals surface area contributed by atoms with Gasteiger partial charge in [-0.05, 0) is 11.0 Å². The van der Waals surface area contributed by atoms with E-state index in [2.05, 4.69) is 32.4 Å². The molecule has 0 aromatic heterocycles. The van der Waals surface area contributed by atoms with Gasteiger partial charge in [0.25, 0.3) is 0 Å². The number of amidine groups is 1. The number of thiol groups is 1. The third-order valence-electron chi connectivity index (χ3n) is 1.80. The zero-order valence-electron chi connectivity index (χ0n) is 7.10. The fourth-order valence-corrected chi connectivity index (χ4v) is 1.82. The first-order chi connectivity index (χ1) is 5.77. The third-order valence-corrected chi connectivity index (χ3v) is 3.03. The first-order valence-electron chi connectivity index (χ1n) is 3.73. The van der Waals surface area contributed by atoms with Crippen LogP contribution in [0.1, 0.15) is 0 Å². The van der Waals surface area contributed by atoms with Crippen LogP contribution >= 0.6 is 22.6 Å². The lowest BCUT2D eigenvalue weighted by molar-refractivity contribution is 0.370. The van der Waals surface area contributed by atoms with Gasteiger partial charge >= 0.3 is 0 Å². The van der Waals surface area contributed by atoms with Gasteiger partial charge in [0, 0.05) is 26.3 Å².